The fraction of sp³-hybridized carbons (Fsp3) is 0.875. The summed E-state index contributed by atoms with van der Waals surface area (Å²) in [6.45, 7) is 0. The van der Waals surface area contributed by atoms with Gasteiger partial charge in [-0.05, 0) is 12.8 Å². The molecule has 1 rings (SSSR count). The first kappa shape index (κ1) is 8.50. The highest BCUT2D eigenvalue weighted by Crippen LogP contribution is 2.25. The summed E-state index contributed by atoms with van der Waals surface area (Å²) in [5.41, 5.74) is 0. The Labute approximate surface area is 65.4 Å². The van der Waals surface area contributed by atoms with E-state index in [1.807, 2.05) is 0 Å². The van der Waals surface area contributed by atoms with Gasteiger partial charge in [0.05, 0.1) is 5.92 Å². The first-order valence-electron chi connectivity index (χ1n) is 4.08. The summed E-state index contributed by atoms with van der Waals surface area (Å²) in [5.74, 6) is -1.71. The molecule has 1 aliphatic rings. The second-order valence-electron chi connectivity index (χ2n) is 3.10. The summed E-state index contributed by atoms with van der Waals surface area (Å²) in [6, 6.07) is 0. The van der Waals surface area contributed by atoms with Gasteiger partial charge < -0.3 is 5.11 Å². The fourth-order valence-corrected chi connectivity index (χ4v) is 1.54. The summed E-state index contributed by atoms with van der Waals surface area (Å²) in [7, 11) is 0. The van der Waals surface area contributed by atoms with Crippen LogP contribution in [0.5, 0.6) is 0 Å². The Bertz CT molecular complexity index is 147. The van der Waals surface area contributed by atoms with E-state index in [1.165, 1.54) is 0 Å². The van der Waals surface area contributed by atoms with E-state index >= 15 is 0 Å². The first-order chi connectivity index (χ1) is 5.22. The summed E-state index contributed by atoms with van der Waals surface area (Å²) in [4.78, 5) is 10.5. The number of halogens is 1. The quantitative estimate of drug-likeness (QED) is 0.595. The molecule has 0 heterocycles. The molecule has 11 heavy (non-hydrogen) atoms. The molecule has 2 atom stereocenters. The van der Waals surface area contributed by atoms with Gasteiger partial charge in [0.25, 0.3) is 0 Å². The molecule has 1 aliphatic carbocycles. The van der Waals surface area contributed by atoms with Crippen molar-refractivity contribution in [1.82, 2.24) is 0 Å². The Morgan fingerprint density at radius 1 is 1.27 bits per heavy atom. The fourth-order valence-electron chi connectivity index (χ4n) is 1.54. The molecule has 0 aromatic heterocycles. The number of rotatable bonds is 1. The minimum absolute atomic E-state index is 0.428. The van der Waals surface area contributed by atoms with Crippen LogP contribution in [-0.2, 0) is 4.79 Å². The Kier molecular flexibility index (Phi) is 2.85. The van der Waals surface area contributed by atoms with E-state index in [0.717, 1.165) is 19.3 Å². The maximum Gasteiger partial charge on any atom is 0.309 e. The SMILES string of the molecule is O=C(O)C1CCCCCC1F. The molecule has 0 aromatic rings. The smallest absolute Gasteiger partial charge is 0.309 e. The van der Waals surface area contributed by atoms with E-state index in [0.29, 0.717) is 12.8 Å². The van der Waals surface area contributed by atoms with Gasteiger partial charge in [0.15, 0.2) is 0 Å². The van der Waals surface area contributed by atoms with E-state index in [-0.39, 0.29) is 0 Å². The van der Waals surface area contributed by atoms with Crippen LogP contribution < -0.4 is 0 Å². The van der Waals surface area contributed by atoms with Crippen LogP contribution in [0.4, 0.5) is 4.39 Å². The summed E-state index contributed by atoms with van der Waals surface area (Å²) in [5, 5.41) is 8.59. The molecule has 2 unspecified atom stereocenters. The van der Waals surface area contributed by atoms with Crippen molar-refractivity contribution in [2.45, 2.75) is 38.3 Å². The Balaban J connectivity index is 2.52. The van der Waals surface area contributed by atoms with Gasteiger partial charge in [-0.1, -0.05) is 19.3 Å². The molecular formula is C8H13FO2. The van der Waals surface area contributed by atoms with Crippen molar-refractivity contribution in [1.29, 1.82) is 0 Å². The number of hydrogen-bond acceptors (Lipinski definition) is 1. The zero-order valence-electron chi connectivity index (χ0n) is 6.42. The summed E-state index contributed by atoms with van der Waals surface area (Å²) < 4.78 is 13.0. The zero-order chi connectivity index (χ0) is 8.27. The van der Waals surface area contributed by atoms with Gasteiger partial charge in [0, 0.05) is 0 Å². The third-order valence-electron chi connectivity index (χ3n) is 2.25. The van der Waals surface area contributed by atoms with Crippen molar-refractivity contribution in [2.75, 3.05) is 0 Å². The zero-order valence-corrected chi connectivity index (χ0v) is 6.42. The average molecular weight is 160 g/mol. The van der Waals surface area contributed by atoms with Gasteiger partial charge in [-0.2, -0.15) is 0 Å². The second-order valence-corrected chi connectivity index (χ2v) is 3.10. The van der Waals surface area contributed by atoms with Crippen molar-refractivity contribution in [3.05, 3.63) is 0 Å². The highest BCUT2D eigenvalue weighted by atomic mass is 19.1. The van der Waals surface area contributed by atoms with Gasteiger partial charge in [0.1, 0.15) is 6.17 Å². The maximum atomic E-state index is 13.0. The third-order valence-corrected chi connectivity index (χ3v) is 2.25. The minimum Gasteiger partial charge on any atom is -0.481 e. The molecule has 1 fully saturated rings. The van der Waals surface area contributed by atoms with Crippen molar-refractivity contribution >= 4 is 5.97 Å². The minimum atomic E-state index is -1.12. The van der Waals surface area contributed by atoms with Crippen LogP contribution in [0.3, 0.4) is 0 Å². The van der Waals surface area contributed by atoms with Crippen molar-refractivity contribution < 1.29 is 14.3 Å². The summed E-state index contributed by atoms with van der Waals surface area (Å²) in [6.07, 6.45) is 2.50. The molecule has 0 aliphatic heterocycles. The first-order valence-corrected chi connectivity index (χ1v) is 4.08. The van der Waals surface area contributed by atoms with E-state index in [4.69, 9.17) is 5.11 Å². The van der Waals surface area contributed by atoms with E-state index < -0.39 is 18.1 Å². The van der Waals surface area contributed by atoms with Crippen LogP contribution in [0.1, 0.15) is 32.1 Å². The van der Waals surface area contributed by atoms with Gasteiger partial charge in [-0.25, -0.2) is 4.39 Å². The van der Waals surface area contributed by atoms with E-state index in [1.54, 1.807) is 0 Å². The molecule has 3 heteroatoms. The Morgan fingerprint density at radius 3 is 2.55 bits per heavy atom. The molecule has 0 amide bonds. The molecular weight excluding hydrogens is 147 g/mol. The lowest BCUT2D eigenvalue weighted by atomic mass is 9.99. The lowest BCUT2D eigenvalue weighted by Crippen LogP contribution is -2.23. The molecule has 0 aromatic carbocycles. The lowest BCUT2D eigenvalue weighted by Gasteiger charge is -2.12. The molecule has 64 valence electrons. The van der Waals surface area contributed by atoms with Crippen molar-refractivity contribution in [3.63, 3.8) is 0 Å². The summed E-state index contributed by atoms with van der Waals surface area (Å²) >= 11 is 0. The maximum absolute atomic E-state index is 13.0. The van der Waals surface area contributed by atoms with Gasteiger partial charge in [-0.3, -0.25) is 4.79 Å². The van der Waals surface area contributed by atoms with Crippen LogP contribution in [0.25, 0.3) is 0 Å². The molecule has 0 bridgehead atoms. The molecule has 2 nitrogen and oxygen atoms in total. The Morgan fingerprint density at radius 2 is 1.91 bits per heavy atom. The van der Waals surface area contributed by atoms with Crippen molar-refractivity contribution in [2.24, 2.45) is 5.92 Å². The number of alkyl halides is 1. The highest BCUT2D eigenvalue weighted by molar-refractivity contribution is 5.70. The molecule has 1 saturated carbocycles. The number of carboxylic acids is 1. The molecule has 1 N–H and O–H groups in total. The molecule has 0 radical (unpaired) electrons. The topological polar surface area (TPSA) is 37.3 Å². The molecule has 0 saturated heterocycles. The predicted molar refractivity (Wildman–Crippen MR) is 39.1 cm³/mol. The van der Waals surface area contributed by atoms with Crippen LogP contribution in [-0.4, -0.2) is 17.2 Å². The molecule has 0 spiro atoms. The van der Waals surface area contributed by atoms with Crippen LogP contribution in [0.15, 0.2) is 0 Å². The standard InChI is InChI=1S/C8H13FO2/c9-7-5-3-1-2-4-6(7)8(10)11/h6-7H,1-5H2,(H,10,11). The number of carbonyl (C=O) groups is 1. The average Bonchev–Trinajstić information content (AvgIpc) is 2.13. The van der Waals surface area contributed by atoms with E-state index in [2.05, 4.69) is 0 Å². The monoisotopic (exact) mass is 160 g/mol. The second kappa shape index (κ2) is 3.69. The number of carboxylic acid groups (broad SMARTS) is 1. The largest absolute Gasteiger partial charge is 0.481 e. The lowest BCUT2D eigenvalue weighted by molar-refractivity contribution is -0.144. The normalized spacial score (nSPS) is 32.8. The van der Waals surface area contributed by atoms with Crippen LogP contribution in [0.2, 0.25) is 0 Å². The number of hydrogen-bond donors (Lipinski definition) is 1. The van der Waals surface area contributed by atoms with Crippen LogP contribution in [0, 0.1) is 5.92 Å². The third kappa shape index (κ3) is 2.17. The van der Waals surface area contributed by atoms with Gasteiger partial charge in [-0.15, -0.1) is 0 Å². The van der Waals surface area contributed by atoms with Crippen LogP contribution >= 0.6 is 0 Å². The highest BCUT2D eigenvalue weighted by Gasteiger charge is 2.28. The predicted octanol–water partition coefficient (Wildman–Crippen LogP) is 1.99. The van der Waals surface area contributed by atoms with Gasteiger partial charge >= 0.3 is 5.97 Å². The van der Waals surface area contributed by atoms with Gasteiger partial charge in [0.2, 0.25) is 0 Å². The number of aliphatic carboxylic acids is 1. The van der Waals surface area contributed by atoms with Crippen molar-refractivity contribution in [3.8, 4) is 0 Å². The van der Waals surface area contributed by atoms with E-state index in [9.17, 15) is 9.18 Å². The Hall–Kier alpha value is -0.600.